The van der Waals surface area contributed by atoms with Gasteiger partial charge in [-0.2, -0.15) is 0 Å². The molecule has 218 valence electrons. The fourth-order valence-electron chi connectivity index (χ4n) is 4.88. The predicted octanol–water partition coefficient (Wildman–Crippen LogP) is 2.47. The molecule has 0 aromatic rings. The van der Waals surface area contributed by atoms with Crippen molar-refractivity contribution in [1.82, 2.24) is 5.32 Å². The number of primary amides is 1. The van der Waals surface area contributed by atoms with Gasteiger partial charge in [0.1, 0.15) is 12.1 Å². The van der Waals surface area contributed by atoms with Gasteiger partial charge in [0.25, 0.3) is 0 Å². The number of rotatable bonds is 14. The summed E-state index contributed by atoms with van der Waals surface area (Å²) in [6.45, 7) is 14.8. The number of hydrogen-bond donors (Lipinski definition) is 5. The van der Waals surface area contributed by atoms with Gasteiger partial charge in [-0.25, -0.2) is 0 Å². The van der Waals surface area contributed by atoms with E-state index in [2.05, 4.69) is 5.32 Å². The van der Waals surface area contributed by atoms with Crippen LogP contribution < -0.4 is 11.1 Å². The van der Waals surface area contributed by atoms with Crippen molar-refractivity contribution in [3.05, 3.63) is 23.8 Å². The number of amides is 2. The second kappa shape index (κ2) is 15.4. The summed E-state index contributed by atoms with van der Waals surface area (Å²) in [7, 11) is 0. The van der Waals surface area contributed by atoms with Crippen LogP contribution in [0.3, 0.4) is 0 Å². The first-order chi connectivity index (χ1) is 17.5. The van der Waals surface area contributed by atoms with E-state index in [1.165, 1.54) is 0 Å². The Bertz CT molecular complexity index is 856. The Morgan fingerprint density at radius 2 is 1.68 bits per heavy atom. The molecule has 6 N–H and O–H groups in total. The summed E-state index contributed by atoms with van der Waals surface area (Å²) < 4.78 is 5.38. The van der Waals surface area contributed by atoms with E-state index in [0.29, 0.717) is 12.8 Å². The maximum atomic E-state index is 12.6. The Balaban J connectivity index is 2.65. The van der Waals surface area contributed by atoms with E-state index in [0.717, 1.165) is 5.57 Å². The van der Waals surface area contributed by atoms with Crippen LogP contribution in [0.1, 0.15) is 74.7 Å². The SMILES string of the molecule is C/C(=C/[C@H](C)[C@@H](O)[C@@H](C)/C=C\[C@@H](O)C[C@@H]1OC(=O)[C@H](C)[C@@H](O)[C@H]1C)C[C@H](C)C(=O)N[C@H](CC(C)C)C(N)=O. The first kappa shape index (κ1) is 33.8. The van der Waals surface area contributed by atoms with Crippen molar-refractivity contribution in [3.8, 4) is 0 Å². The molecule has 9 nitrogen and oxygen atoms in total. The summed E-state index contributed by atoms with van der Waals surface area (Å²) in [4.78, 5) is 36.2. The monoisotopic (exact) mass is 538 g/mol. The predicted molar refractivity (Wildman–Crippen MR) is 146 cm³/mol. The third-order valence-electron chi connectivity index (χ3n) is 7.45. The maximum Gasteiger partial charge on any atom is 0.311 e. The zero-order chi connectivity index (χ0) is 29.3. The third kappa shape index (κ3) is 10.5. The minimum atomic E-state index is -0.891. The molecule has 9 heteroatoms. The van der Waals surface area contributed by atoms with E-state index in [1.54, 1.807) is 32.9 Å². The molecule has 0 radical (unpaired) electrons. The lowest BCUT2D eigenvalue weighted by Crippen LogP contribution is -2.47. The highest BCUT2D eigenvalue weighted by Crippen LogP contribution is 2.29. The molecule has 38 heavy (non-hydrogen) atoms. The number of nitrogens with two attached hydrogens (primary N) is 1. The minimum Gasteiger partial charge on any atom is -0.462 e. The van der Waals surface area contributed by atoms with Crippen molar-refractivity contribution in [1.29, 1.82) is 0 Å². The normalized spacial score (nSPS) is 27.4. The fourth-order valence-corrected chi connectivity index (χ4v) is 4.88. The van der Waals surface area contributed by atoms with Crippen LogP contribution in [0, 0.1) is 35.5 Å². The smallest absolute Gasteiger partial charge is 0.311 e. The summed E-state index contributed by atoms with van der Waals surface area (Å²) in [6.07, 6.45) is 3.36. The number of carbonyl (C=O) groups excluding carboxylic acids is 3. The second-order valence-electron chi connectivity index (χ2n) is 11.7. The molecule has 1 saturated heterocycles. The molecule has 10 atom stereocenters. The molecule has 0 bridgehead atoms. The molecule has 0 aromatic carbocycles. The van der Waals surface area contributed by atoms with Gasteiger partial charge >= 0.3 is 5.97 Å². The largest absolute Gasteiger partial charge is 0.462 e. The number of allylic oxidation sites excluding steroid dienone is 1. The number of nitrogens with one attached hydrogen (secondary N) is 1. The number of carbonyl (C=O) groups is 3. The summed E-state index contributed by atoms with van der Waals surface area (Å²) in [6, 6.07) is -0.694. The van der Waals surface area contributed by atoms with Crippen LogP contribution in [0.2, 0.25) is 0 Å². The zero-order valence-corrected chi connectivity index (χ0v) is 24.3. The van der Waals surface area contributed by atoms with Gasteiger partial charge in [0, 0.05) is 30.1 Å². The van der Waals surface area contributed by atoms with Crippen LogP contribution >= 0.6 is 0 Å². The molecular formula is C29H50N2O7. The van der Waals surface area contributed by atoms with Crippen LogP contribution in [0.25, 0.3) is 0 Å². The molecule has 1 aliphatic rings. The Labute approximate surface area is 227 Å². The first-order valence-corrected chi connectivity index (χ1v) is 13.7. The van der Waals surface area contributed by atoms with Gasteiger partial charge in [-0.15, -0.1) is 0 Å². The molecule has 0 aromatic heterocycles. The molecule has 0 unspecified atom stereocenters. The van der Waals surface area contributed by atoms with Gasteiger partial charge in [-0.1, -0.05) is 65.3 Å². The third-order valence-corrected chi connectivity index (χ3v) is 7.45. The lowest BCUT2D eigenvalue weighted by atomic mass is 9.84. The topological polar surface area (TPSA) is 159 Å². The first-order valence-electron chi connectivity index (χ1n) is 13.7. The molecule has 0 saturated carbocycles. The average Bonchev–Trinajstić information content (AvgIpc) is 2.82. The quantitative estimate of drug-likeness (QED) is 0.168. The number of hydrogen-bond acceptors (Lipinski definition) is 7. The van der Waals surface area contributed by atoms with Gasteiger partial charge < -0.3 is 31.1 Å². The van der Waals surface area contributed by atoms with Gasteiger partial charge in [0.2, 0.25) is 11.8 Å². The van der Waals surface area contributed by atoms with Crippen molar-refractivity contribution in [2.75, 3.05) is 0 Å². The Hall–Kier alpha value is -2.23. The number of esters is 1. The fraction of sp³-hybridized carbons (Fsp3) is 0.759. The Morgan fingerprint density at radius 3 is 2.24 bits per heavy atom. The molecule has 0 spiro atoms. The summed E-state index contributed by atoms with van der Waals surface area (Å²) in [5.41, 5.74) is 6.37. The molecule has 1 heterocycles. The van der Waals surface area contributed by atoms with E-state index in [4.69, 9.17) is 10.5 Å². The van der Waals surface area contributed by atoms with Crippen molar-refractivity contribution in [3.63, 3.8) is 0 Å². The minimum absolute atomic E-state index is 0.165. The van der Waals surface area contributed by atoms with Crippen molar-refractivity contribution >= 4 is 17.8 Å². The molecule has 2 amide bonds. The van der Waals surface area contributed by atoms with Gasteiger partial charge in [-0.05, 0) is 32.6 Å². The van der Waals surface area contributed by atoms with Crippen LogP contribution in [-0.4, -0.2) is 63.6 Å². The van der Waals surface area contributed by atoms with Gasteiger partial charge in [0.05, 0.1) is 24.2 Å². The number of cyclic esters (lactones) is 1. The van der Waals surface area contributed by atoms with Crippen molar-refractivity contribution in [2.24, 2.45) is 41.2 Å². The Kier molecular flexibility index (Phi) is 13.7. The van der Waals surface area contributed by atoms with Crippen LogP contribution in [0.4, 0.5) is 0 Å². The zero-order valence-electron chi connectivity index (χ0n) is 24.3. The second-order valence-corrected chi connectivity index (χ2v) is 11.7. The maximum absolute atomic E-state index is 12.6. The number of aliphatic hydroxyl groups is 3. The number of ether oxygens (including phenoxy) is 1. The van der Waals surface area contributed by atoms with Gasteiger partial charge in [0.15, 0.2) is 0 Å². The summed E-state index contributed by atoms with van der Waals surface area (Å²) in [5, 5.41) is 34.2. The van der Waals surface area contributed by atoms with Crippen molar-refractivity contribution < 1.29 is 34.4 Å². The Morgan fingerprint density at radius 1 is 1.08 bits per heavy atom. The lowest BCUT2D eigenvalue weighted by molar-refractivity contribution is -0.179. The molecule has 0 aliphatic carbocycles. The standard InChI is InChI=1S/C29H50N2O7/c1-15(2)11-23(27(30)35)31-28(36)19(6)13-16(3)12-18(5)25(33)17(4)9-10-22(32)14-24-20(7)26(34)21(8)29(37)38-24/h9-10,12,15,17-26,32-34H,11,13-14H2,1-8H3,(H2,30,35)(H,31,36)/b10-9-,16-12-/t17-,18-,19-,20-,21+,22+,23+,24-,25-,26-/m0/s1. The van der Waals surface area contributed by atoms with Crippen LogP contribution in [-0.2, 0) is 19.1 Å². The molecule has 1 aliphatic heterocycles. The van der Waals surface area contributed by atoms with E-state index in [9.17, 15) is 29.7 Å². The van der Waals surface area contributed by atoms with E-state index >= 15 is 0 Å². The van der Waals surface area contributed by atoms with E-state index in [1.807, 2.05) is 40.7 Å². The summed E-state index contributed by atoms with van der Waals surface area (Å²) >= 11 is 0. The highest BCUT2D eigenvalue weighted by atomic mass is 16.5. The van der Waals surface area contributed by atoms with E-state index < -0.39 is 48.3 Å². The summed E-state index contributed by atoms with van der Waals surface area (Å²) in [5.74, 6) is -2.75. The average molecular weight is 539 g/mol. The molecule has 1 fully saturated rings. The van der Waals surface area contributed by atoms with Crippen molar-refractivity contribution in [2.45, 2.75) is 105 Å². The lowest BCUT2D eigenvalue weighted by Gasteiger charge is -2.36. The van der Waals surface area contributed by atoms with Crippen LogP contribution in [0.5, 0.6) is 0 Å². The highest BCUT2D eigenvalue weighted by Gasteiger charge is 2.40. The van der Waals surface area contributed by atoms with Crippen LogP contribution in [0.15, 0.2) is 23.8 Å². The number of aliphatic hydroxyl groups excluding tert-OH is 3. The highest BCUT2D eigenvalue weighted by molar-refractivity contribution is 5.87. The van der Waals surface area contributed by atoms with E-state index in [-0.39, 0.29) is 41.9 Å². The molecule has 1 rings (SSSR count). The van der Waals surface area contributed by atoms with Gasteiger partial charge in [-0.3, -0.25) is 14.4 Å². The molecular weight excluding hydrogens is 488 g/mol.